The predicted octanol–water partition coefficient (Wildman–Crippen LogP) is 3.60. The van der Waals surface area contributed by atoms with Crippen LogP contribution in [-0.4, -0.2) is 11.0 Å². The predicted molar refractivity (Wildman–Crippen MR) is 64.3 cm³/mol. The Kier molecular flexibility index (Phi) is 3.47. The van der Waals surface area contributed by atoms with E-state index in [2.05, 4.69) is 31.2 Å². The summed E-state index contributed by atoms with van der Waals surface area (Å²) in [5, 5.41) is 0.507. The third kappa shape index (κ3) is 2.85. The molecule has 2 heteroatoms. The van der Waals surface area contributed by atoms with Gasteiger partial charge in [-0.05, 0) is 31.4 Å². The first-order chi connectivity index (χ1) is 7.25. The van der Waals surface area contributed by atoms with Crippen molar-refractivity contribution in [1.29, 1.82) is 0 Å². The molecule has 1 aliphatic rings. The average Bonchev–Trinajstić information content (AvgIpc) is 2.22. The SMILES string of the molecule is Cc1ccccc1S[C@H]1CCCC(=O)C1. The van der Waals surface area contributed by atoms with Crippen molar-refractivity contribution in [3.63, 3.8) is 0 Å². The van der Waals surface area contributed by atoms with Gasteiger partial charge in [-0.25, -0.2) is 0 Å². The fraction of sp³-hybridized carbons (Fsp3) is 0.462. The van der Waals surface area contributed by atoms with E-state index in [1.54, 1.807) is 0 Å². The Hall–Kier alpha value is -0.760. The summed E-state index contributed by atoms with van der Waals surface area (Å²) in [7, 11) is 0. The maximum atomic E-state index is 11.3. The van der Waals surface area contributed by atoms with Gasteiger partial charge >= 0.3 is 0 Å². The third-order valence-corrected chi connectivity index (χ3v) is 4.27. The van der Waals surface area contributed by atoms with E-state index in [1.165, 1.54) is 16.9 Å². The summed E-state index contributed by atoms with van der Waals surface area (Å²) in [6, 6.07) is 8.41. The lowest BCUT2D eigenvalue weighted by Crippen LogP contribution is -2.16. The number of hydrogen-bond donors (Lipinski definition) is 0. The second-order valence-electron chi connectivity index (χ2n) is 4.14. The number of carbonyl (C=O) groups is 1. The topological polar surface area (TPSA) is 17.1 Å². The number of ketones is 1. The number of hydrogen-bond acceptors (Lipinski definition) is 2. The van der Waals surface area contributed by atoms with E-state index >= 15 is 0 Å². The quantitative estimate of drug-likeness (QED) is 0.757. The van der Waals surface area contributed by atoms with Gasteiger partial charge in [0.1, 0.15) is 5.78 Å². The summed E-state index contributed by atoms with van der Waals surface area (Å²) < 4.78 is 0. The molecule has 1 fully saturated rings. The van der Waals surface area contributed by atoms with E-state index in [0.717, 1.165) is 19.3 Å². The minimum absolute atomic E-state index is 0.437. The Morgan fingerprint density at radius 1 is 1.33 bits per heavy atom. The van der Waals surface area contributed by atoms with Gasteiger partial charge in [-0.15, -0.1) is 11.8 Å². The molecule has 0 unspecified atom stereocenters. The third-order valence-electron chi connectivity index (χ3n) is 2.82. The first kappa shape index (κ1) is 10.7. The number of rotatable bonds is 2. The number of benzene rings is 1. The highest BCUT2D eigenvalue weighted by Gasteiger charge is 2.20. The molecule has 0 aromatic heterocycles. The van der Waals surface area contributed by atoms with Gasteiger partial charge in [0.15, 0.2) is 0 Å². The van der Waals surface area contributed by atoms with Crippen molar-refractivity contribution >= 4 is 17.5 Å². The van der Waals surface area contributed by atoms with Crippen molar-refractivity contribution in [2.45, 2.75) is 42.8 Å². The van der Waals surface area contributed by atoms with Crippen molar-refractivity contribution in [3.8, 4) is 0 Å². The molecule has 1 aliphatic carbocycles. The van der Waals surface area contributed by atoms with Crippen molar-refractivity contribution in [1.82, 2.24) is 0 Å². The van der Waals surface area contributed by atoms with Crippen LogP contribution in [0.4, 0.5) is 0 Å². The van der Waals surface area contributed by atoms with Gasteiger partial charge in [0.2, 0.25) is 0 Å². The van der Waals surface area contributed by atoms with E-state index < -0.39 is 0 Å². The van der Waals surface area contributed by atoms with Crippen LogP contribution in [0.25, 0.3) is 0 Å². The Bertz CT molecular complexity index is 359. The fourth-order valence-corrected chi connectivity index (χ4v) is 3.28. The zero-order chi connectivity index (χ0) is 10.7. The molecule has 0 amide bonds. The molecule has 1 aromatic rings. The van der Waals surface area contributed by atoms with Gasteiger partial charge in [-0.3, -0.25) is 4.79 Å². The normalized spacial score (nSPS) is 21.7. The highest BCUT2D eigenvalue weighted by Crippen LogP contribution is 2.33. The number of aryl methyl sites for hydroxylation is 1. The molecule has 0 saturated heterocycles. The van der Waals surface area contributed by atoms with Gasteiger partial charge in [-0.1, -0.05) is 18.2 Å². The van der Waals surface area contributed by atoms with Crippen LogP contribution in [-0.2, 0) is 4.79 Å². The number of thioether (sulfide) groups is 1. The van der Waals surface area contributed by atoms with Crippen LogP contribution in [0.3, 0.4) is 0 Å². The van der Waals surface area contributed by atoms with Crippen LogP contribution in [0.15, 0.2) is 29.2 Å². The van der Waals surface area contributed by atoms with Gasteiger partial charge in [0.25, 0.3) is 0 Å². The largest absolute Gasteiger partial charge is 0.300 e. The van der Waals surface area contributed by atoms with Crippen molar-refractivity contribution < 1.29 is 4.79 Å². The second-order valence-corrected chi connectivity index (χ2v) is 5.48. The number of Topliss-reactive ketones (excluding diaryl/α,β-unsaturated/α-hetero) is 1. The summed E-state index contributed by atoms with van der Waals surface area (Å²) in [6.07, 6.45) is 3.82. The van der Waals surface area contributed by atoms with Crippen molar-refractivity contribution in [3.05, 3.63) is 29.8 Å². The molecule has 0 heterocycles. The molecule has 1 nitrogen and oxygen atoms in total. The van der Waals surface area contributed by atoms with Crippen molar-refractivity contribution in [2.24, 2.45) is 0 Å². The van der Waals surface area contributed by atoms with E-state index in [9.17, 15) is 4.79 Å². The molecule has 1 saturated carbocycles. The van der Waals surface area contributed by atoms with E-state index in [4.69, 9.17) is 0 Å². The molecular formula is C13H16OS. The van der Waals surface area contributed by atoms with Crippen molar-refractivity contribution in [2.75, 3.05) is 0 Å². The maximum Gasteiger partial charge on any atom is 0.134 e. The van der Waals surface area contributed by atoms with Gasteiger partial charge in [0, 0.05) is 23.0 Å². The molecular weight excluding hydrogens is 204 g/mol. The number of carbonyl (C=O) groups excluding carboxylic acids is 1. The monoisotopic (exact) mass is 220 g/mol. The average molecular weight is 220 g/mol. The zero-order valence-electron chi connectivity index (χ0n) is 9.03. The van der Waals surface area contributed by atoms with E-state index in [1.807, 2.05) is 11.8 Å². The highest BCUT2D eigenvalue weighted by molar-refractivity contribution is 8.00. The van der Waals surface area contributed by atoms with Crippen LogP contribution >= 0.6 is 11.8 Å². The molecule has 1 atom stereocenters. The molecule has 15 heavy (non-hydrogen) atoms. The fourth-order valence-electron chi connectivity index (χ4n) is 1.95. The molecule has 0 aliphatic heterocycles. The van der Waals surface area contributed by atoms with Gasteiger partial charge in [-0.2, -0.15) is 0 Å². The summed E-state index contributed by atoms with van der Waals surface area (Å²) in [5.41, 5.74) is 1.32. The Morgan fingerprint density at radius 2 is 2.13 bits per heavy atom. The minimum atomic E-state index is 0.437. The molecule has 0 bridgehead atoms. The molecule has 1 aromatic carbocycles. The lowest BCUT2D eigenvalue weighted by molar-refractivity contribution is -0.120. The molecule has 80 valence electrons. The Morgan fingerprint density at radius 3 is 2.87 bits per heavy atom. The van der Waals surface area contributed by atoms with Crippen LogP contribution in [0.2, 0.25) is 0 Å². The highest BCUT2D eigenvalue weighted by atomic mass is 32.2. The first-order valence-corrected chi connectivity index (χ1v) is 6.37. The Balaban J connectivity index is 2.02. The lowest BCUT2D eigenvalue weighted by Gasteiger charge is -2.20. The summed E-state index contributed by atoms with van der Waals surface area (Å²) >= 11 is 1.87. The molecule has 0 spiro atoms. The zero-order valence-corrected chi connectivity index (χ0v) is 9.85. The van der Waals surface area contributed by atoms with Crippen LogP contribution in [0.1, 0.15) is 31.2 Å². The van der Waals surface area contributed by atoms with Gasteiger partial charge < -0.3 is 0 Å². The standard InChI is InChI=1S/C13H16OS/c1-10-5-2-3-8-13(10)15-12-7-4-6-11(14)9-12/h2-3,5,8,12H,4,6-7,9H2,1H3/t12-/m0/s1. The summed E-state index contributed by atoms with van der Waals surface area (Å²) in [4.78, 5) is 12.7. The van der Waals surface area contributed by atoms with Crippen LogP contribution in [0, 0.1) is 6.92 Å². The molecule has 0 radical (unpaired) electrons. The lowest BCUT2D eigenvalue weighted by atomic mass is 9.99. The Labute approximate surface area is 95.3 Å². The second kappa shape index (κ2) is 4.84. The minimum Gasteiger partial charge on any atom is -0.300 e. The van der Waals surface area contributed by atoms with Crippen LogP contribution < -0.4 is 0 Å². The van der Waals surface area contributed by atoms with Crippen LogP contribution in [0.5, 0.6) is 0 Å². The molecule has 2 rings (SSSR count). The first-order valence-electron chi connectivity index (χ1n) is 5.49. The van der Waals surface area contributed by atoms with E-state index in [0.29, 0.717) is 11.0 Å². The summed E-state index contributed by atoms with van der Waals surface area (Å²) in [6.45, 7) is 2.13. The smallest absolute Gasteiger partial charge is 0.134 e. The van der Waals surface area contributed by atoms with E-state index in [-0.39, 0.29) is 0 Å². The maximum absolute atomic E-state index is 11.3. The molecule has 0 N–H and O–H groups in total. The summed E-state index contributed by atoms with van der Waals surface area (Å²) in [5.74, 6) is 0.437. The van der Waals surface area contributed by atoms with Gasteiger partial charge in [0.05, 0.1) is 0 Å².